The van der Waals surface area contributed by atoms with E-state index >= 15 is 0 Å². The van der Waals surface area contributed by atoms with Crippen molar-refractivity contribution in [3.63, 3.8) is 0 Å². The van der Waals surface area contributed by atoms with Crippen LogP contribution in [-0.4, -0.2) is 15.7 Å². The Kier molecular flexibility index (Phi) is 3.53. The van der Waals surface area contributed by atoms with Gasteiger partial charge >= 0.3 is 0 Å². The van der Waals surface area contributed by atoms with E-state index < -0.39 is 5.91 Å². The molecule has 106 valence electrons. The molecule has 2 aromatic rings. The first-order valence-corrected chi connectivity index (χ1v) is 6.42. The Morgan fingerprint density at radius 3 is 2.60 bits per heavy atom. The number of carbonyl (C=O) groups excluding carboxylic acids is 1. The molecule has 2 rings (SSSR count). The van der Waals surface area contributed by atoms with Crippen LogP contribution >= 0.6 is 0 Å². The summed E-state index contributed by atoms with van der Waals surface area (Å²) in [5.41, 5.74) is 6.46. The average Bonchev–Trinajstić information content (AvgIpc) is 2.72. The lowest BCUT2D eigenvalue weighted by Gasteiger charge is -2.21. The Balaban J connectivity index is 2.43. The number of hydrogen-bond donors (Lipinski definition) is 1. The van der Waals surface area contributed by atoms with Gasteiger partial charge in [-0.05, 0) is 45.4 Å². The quantitative estimate of drug-likeness (QED) is 0.934. The third-order valence-electron chi connectivity index (χ3n) is 2.82. The Morgan fingerprint density at radius 2 is 2.05 bits per heavy atom. The summed E-state index contributed by atoms with van der Waals surface area (Å²) in [6, 6.07) is 7.58. The number of aryl methyl sites for hydroxylation is 1. The first-order valence-electron chi connectivity index (χ1n) is 6.42. The molecule has 5 nitrogen and oxygen atoms in total. The van der Waals surface area contributed by atoms with Gasteiger partial charge in [0.15, 0.2) is 11.4 Å². The van der Waals surface area contributed by atoms with Crippen LogP contribution in [0.3, 0.4) is 0 Å². The average molecular weight is 273 g/mol. The van der Waals surface area contributed by atoms with Gasteiger partial charge in [0.1, 0.15) is 5.75 Å². The summed E-state index contributed by atoms with van der Waals surface area (Å²) in [6.07, 6.45) is 1.52. The molecule has 0 aliphatic rings. The van der Waals surface area contributed by atoms with Gasteiger partial charge in [0.2, 0.25) is 0 Å². The van der Waals surface area contributed by atoms with E-state index in [0.29, 0.717) is 11.5 Å². The number of benzene rings is 1. The number of nitrogens with two attached hydrogens (primary N) is 1. The van der Waals surface area contributed by atoms with Crippen LogP contribution in [0.15, 0.2) is 30.5 Å². The summed E-state index contributed by atoms with van der Waals surface area (Å²) in [4.78, 5) is 11.7. The van der Waals surface area contributed by atoms with Crippen molar-refractivity contribution in [1.82, 2.24) is 9.78 Å². The highest BCUT2D eigenvalue weighted by Crippen LogP contribution is 2.28. The van der Waals surface area contributed by atoms with Crippen LogP contribution in [-0.2, 0) is 5.54 Å². The zero-order chi connectivity index (χ0) is 14.9. The standard InChI is InChI=1S/C15H19N3O2/c1-10-6-5-7-11(8-10)20-12-9-17-18(15(2,3)4)13(12)14(16)19/h5-9H,1-4H3,(H2,16,19). The normalized spacial score (nSPS) is 11.4. The summed E-state index contributed by atoms with van der Waals surface area (Å²) in [6.45, 7) is 7.81. The largest absolute Gasteiger partial charge is 0.453 e. The zero-order valence-corrected chi connectivity index (χ0v) is 12.2. The lowest BCUT2D eigenvalue weighted by molar-refractivity contribution is 0.0980. The minimum Gasteiger partial charge on any atom is -0.453 e. The number of primary amides is 1. The van der Waals surface area contributed by atoms with E-state index in [-0.39, 0.29) is 11.2 Å². The smallest absolute Gasteiger partial charge is 0.270 e. The van der Waals surface area contributed by atoms with E-state index in [0.717, 1.165) is 5.56 Å². The van der Waals surface area contributed by atoms with Crippen LogP contribution in [0.5, 0.6) is 11.5 Å². The second-order valence-electron chi connectivity index (χ2n) is 5.72. The van der Waals surface area contributed by atoms with Gasteiger partial charge in [-0.15, -0.1) is 0 Å². The predicted molar refractivity (Wildman–Crippen MR) is 77.0 cm³/mol. The van der Waals surface area contributed by atoms with Gasteiger partial charge in [-0.3, -0.25) is 9.48 Å². The van der Waals surface area contributed by atoms with E-state index in [2.05, 4.69) is 5.10 Å². The van der Waals surface area contributed by atoms with Crippen molar-refractivity contribution in [2.75, 3.05) is 0 Å². The molecule has 0 saturated heterocycles. The molecule has 0 bridgehead atoms. The number of hydrogen-bond acceptors (Lipinski definition) is 3. The lowest BCUT2D eigenvalue weighted by atomic mass is 10.1. The molecule has 2 N–H and O–H groups in total. The van der Waals surface area contributed by atoms with Crippen LogP contribution in [0.1, 0.15) is 36.8 Å². The number of rotatable bonds is 3. The molecule has 0 unspecified atom stereocenters. The van der Waals surface area contributed by atoms with Gasteiger partial charge in [0, 0.05) is 0 Å². The minimum absolute atomic E-state index is 0.277. The zero-order valence-electron chi connectivity index (χ0n) is 12.2. The Morgan fingerprint density at radius 1 is 1.35 bits per heavy atom. The van der Waals surface area contributed by atoms with Crippen LogP contribution in [0.4, 0.5) is 0 Å². The number of aromatic nitrogens is 2. The fourth-order valence-corrected chi connectivity index (χ4v) is 1.95. The van der Waals surface area contributed by atoms with Gasteiger partial charge in [0.05, 0.1) is 11.7 Å². The van der Waals surface area contributed by atoms with Crippen molar-refractivity contribution in [1.29, 1.82) is 0 Å². The Hall–Kier alpha value is -2.30. The van der Waals surface area contributed by atoms with Gasteiger partial charge in [-0.25, -0.2) is 0 Å². The van der Waals surface area contributed by atoms with Gasteiger partial charge < -0.3 is 10.5 Å². The molecular formula is C15H19N3O2. The summed E-state index contributed by atoms with van der Waals surface area (Å²) in [5, 5.41) is 4.22. The molecule has 0 spiro atoms. The monoisotopic (exact) mass is 273 g/mol. The van der Waals surface area contributed by atoms with Gasteiger partial charge in [0.25, 0.3) is 5.91 Å². The lowest BCUT2D eigenvalue weighted by Crippen LogP contribution is -2.29. The van der Waals surface area contributed by atoms with E-state index in [1.165, 1.54) is 6.20 Å². The van der Waals surface area contributed by atoms with Crippen LogP contribution in [0.2, 0.25) is 0 Å². The highest BCUT2D eigenvalue weighted by atomic mass is 16.5. The summed E-state index contributed by atoms with van der Waals surface area (Å²) in [5.74, 6) is 0.471. The van der Waals surface area contributed by atoms with Crippen molar-refractivity contribution in [3.05, 3.63) is 41.7 Å². The second-order valence-corrected chi connectivity index (χ2v) is 5.72. The second kappa shape index (κ2) is 5.00. The van der Waals surface area contributed by atoms with E-state index in [9.17, 15) is 4.79 Å². The molecule has 1 heterocycles. The number of nitrogens with zero attached hydrogens (tertiary/aromatic N) is 2. The molecular weight excluding hydrogens is 254 g/mol. The van der Waals surface area contributed by atoms with Crippen molar-refractivity contribution >= 4 is 5.91 Å². The molecule has 0 aliphatic carbocycles. The van der Waals surface area contributed by atoms with Crippen molar-refractivity contribution in [3.8, 4) is 11.5 Å². The first-order chi connectivity index (χ1) is 9.29. The maximum atomic E-state index is 11.7. The van der Waals surface area contributed by atoms with Crippen molar-refractivity contribution < 1.29 is 9.53 Å². The summed E-state index contributed by atoms with van der Waals surface area (Å²) >= 11 is 0. The van der Waals surface area contributed by atoms with Crippen LogP contribution in [0.25, 0.3) is 0 Å². The van der Waals surface area contributed by atoms with Crippen LogP contribution in [0, 0.1) is 6.92 Å². The molecule has 20 heavy (non-hydrogen) atoms. The molecule has 0 saturated carbocycles. The number of carbonyl (C=O) groups is 1. The Labute approximate surface area is 118 Å². The highest BCUT2D eigenvalue weighted by Gasteiger charge is 2.25. The van der Waals surface area contributed by atoms with Gasteiger partial charge in [-0.2, -0.15) is 5.10 Å². The topological polar surface area (TPSA) is 70.1 Å². The molecule has 0 atom stereocenters. The molecule has 0 radical (unpaired) electrons. The molecule has 0 fully saturated rings. The third-order valence-corrected chi connectivity index (χ3v) is 2.82. The molecule has 1 aromatic carbocycles. The predicted octanol–water partition coefficient (Wildman–Crippen LogP) is 2.84. The fourth-order valence-electron chi connectivity index (χ4n) is 1.95. The minimum atomic E-state index is -0.555. The molecule has 1 aromatic heterocycles. The fraction of sp³-hybridized carbons (Fsp3) is 0.333. The molecule has 0 aliphatic heterocycles. The maximum Gasteiger partial charge on any atom is 0.270 e. The van der Waals surface area contributed by atoms with E-state index in [4.69, 9.17) is 10.5 Å². The van der Waals surface area contributed by atoms with Crippen LogP contribution < -0.4 is 10.5 Å². The summed E-state index contributed by atoms with van der Waals surface area (Å²) < 4.78 is 7.33. The highest BCUT2D eigenvalue weighted by molar-refractivity contribution is 5.94. The molecule has 5 heteroatoms. The maximum absolute atomic E-state index is 11.7. The Bertz CT molecular complexity index is 639. The summed E-state index contributed by atoms with van der Waals surface area (Å²) in [7, 11) is 0. The SMILES string of the molecule is Cc1cccc(Oc2cnn(C(C)(C)C)c2C(N)=O)c1. The molecule has 1 amide bonds. The van der Waals surface area contributed by atoms with Crippen molar-refractivity contribution in [2.45, 2.75) is 33.2 Å². The van der Waals surface area contributed by atoms with E-state index in [1.807, 2.05) is 52.0 Å². The number of ether oxygens (including phenoxy) is 1. The van der Waals surface area contributed by atoms with Crippen molar-refractivity contribution in [2.24, 2.45) is 5.73 Å². The third kappa shape index (κ3) is 2.82. The first kappa shape index (κ1) is 14.1. The van der Waals surface area contributed by atoms with E-state index in [1.54, 1.807) is 4.68 Å². The van der Waals surface area contributed by atoms with Gasteiger partial charge in [-0.1, -0.05) is 12.1 Å². The number of amides is 1.